The van der Waals surface area contributed by atoms with Crippen LogP contribution in [-0.4, -0.2) is 15.1 Å². The molecule has 1 aromatic heterocycles. The van der Waals surface area contributed by atoms with Gasteiger partial charge in [-0.25, -0.2) is 0 Å². The number of benzene rings is 1. The molecule has 1 heterocycles. The summed E-state index contributed by atoms with van der Waals surface area (Å²) in [5.74, 6) is 0. The molecule has 0 fully saturated rings. The Morgan fingerprint density at radius 3 is 3.00 bits per heavy atom. The molecule has 0 aliphatic carbocycles. The summed E-state index contributed by atoms with van der Waals surface area (Å²) >= 11 is 0. The first kappa shape index (κ1) is 5.96. The van der Waals surface area contributed by atoms with Crippen LogP contribution in [0, 0.1) is 4.91 Å². The summed E-state index contributed by atoms with van der Waals surface area (Å²) in [7, 11) is 0. The van der Waals surface area contributed by atoms with E-state index in [0.29, 0.717) is 11.0 Å². The quantitative estimate of drug-likeness (QED) is 0.566. The van der Waals surface area contributed by atoms with E-state index in [1.807, 2.05) is 6.07 Å². The normalized spacial score (nSPS) is 10.2. The van der Waals surface area contributed by atoms with E-state index in [4.69, 9.17) is 0 Å². The van der Waals surface area contributed by atoms with Crippen LogP contribution in [0.25, 0.3) is 11.0 Å². The summed E-state index contributed by atoms with van der Waals surface area (Å²) in [6.45, 7) is 0. The lowest BCUT2D eigenvalue weighted by Crippen LogP contribution is -1.87. The Hall–Kier alpha value is -1.78. The van der Waals surface area contributed by atoms with Crippen molar-refractivity contribution in [2.45, 2.75) is 0 Å². The third-order valence-electron chi connectivity index (χ3n) is 1.41. The van der Waals surface area contributed by atoms with E-state index < -0.39 is 0 Å². The lowest BCUT2D eigenvalue weighted by molar-refractivity contribution is 0.708. The van der Waals surface area contributed by atoms with Gasteiger partial charge < -0.3 is 0 Å². The fourth-order valence-electron chi connectivity index (χ4n) is 0.917. The van der Waals surface area contributed by atoms with Crippen LogP contribution in [-0.2, 0) is 0 Å². The third kappa shape index (κ3) is 0.778. The first-order valence-electron chi connectivity index (χ1n) is 3.06. The summed E-state index contributed by atoms with van der Waals surface area (Å²) in [5.41, 5.74) is 1.30. The average Bonchev–Trinajstić information content (AvgIpc) is 2.47. The van der Waals surface area contributed by atoms with E-state index in [1.54, 1.807) is 18.2 Å². The number of nitrogens with zero attached hydrogens (tertiary/aromatic N) is 4. The van der Waals surface area contributed by atoms with Crippen LogP contribution in [0.5, 0.6) is 0 Å². The number of rotatable bonds is 1. The standard InChI is InChI=1S/C6H4N4O/c11-9-10-6-4-2-1-3-5(6)7-8-10/h1-4H. The van der Waals surface area contributed by atoms with Gasteiger partial charge in [0, 0.05) is 0 Å². The molecule has 2 aromatic rings. The third-order valence-corrected chi connectivity index (χ3v) is 1.41. The van der Waals surface area contributed by atoms with Gasteiger partial charge in [0.2, 0.25) is 0 Å². The minimum absolute atomic E-state index is 0.627. The van der Waals surface area contributed by atoms with Crippen molar-refractivity contribution >= 4 is 11.0 Å². The summed E-state index contributed by atoms with van der Waals surface area (Å²) in [4.78, 5) is 11.0. The van der Waals surface area contributed by atoms with Crippen molar-refractivity contribution in [3.8, 4) is 0 Å². The van der Waals surface area contributed by atoms with Gasteiger partial charge in [-0.05, 0) is 17.3 Å². The maximum absolute atomic E-state index is 10.1. The van der Waals surface area contributed by atoms with Crippen LogP contribution in [0.15, 0.2) is 29.6 Å². The minimum Gasteiger partial charge on any atom is -0.128 e. The highest BCUT2D eigenvalue weighted by atomic mass is 16.3. The molecule has 0 saturated heterocycles. The highest BCUT2D eigenvalue weighted by Crippen LogP contribution is 2.08. The molecule has 0 atom stereocenters. The molecular formula is C6H4N4O. The molecule has 0 N–H and O–H groups in total. The Labute approximate surface area is 61.6 Å². The van der Waals surface area contributed by atoms with Gasteiger partial charge in [0.15, 0.2) is 0 Å². The Kier molecular flexibility index (Phi) is 1.15. The molecule has 0 radical (unpaired) electrons. The molecule has 0 unspecified atom stereocenters. The van der Waals surface area contributed by atoms with Gasteiger partial charge in [-0.1, -0.05) is 16.9 Å². The van der Waals surface area contributed by atoms with E-state index in [-0.39, 0.29) is 0 Å². The molecule has 0 spiro atoms. The van der Waals surface area contributed by atoms with Crippen LogP contribution in [0.3, 0.4) is 0 Å². The largest absolute Gasteiger partial charge is 0.128 e. The van der Waals surface area contributed by atoms with E-state index in [9.17, 15) is 4.91 Å². The van der Waals surface area contributed by atoms with Gasteiger partial charge in [-0.15, -0.1) is 10.0 Å². The summed E-state index contributed by atoms with van der Waals surface area (Å²) in [6, 6.07) is 7.13. The van der Waals surface area contributed by atoms with Crippen LogP contribution < -0.4 is 0 Å². The molecule has 1 aromatic carbocycles. The number of fused-ring (bicyclic) bond motifs is 1. The Morgan fingerprint density at radius 1 is 1.36 bits per heavy atom. The zero-order chi connectivity index (χ0) is 7.68. The summed E-state index contributed by atoms with van der Waals surface area (Å²) < 4.78 is 0. The van der Waals surface area contributed by atoms with Gasteiger partial charge in [0.05, 0.1) is 5.29 Å². The molecule has 0 saturated carbocycles. The molecule has 0 aliphatic heterocycles. The van der Waals surface area contributed by atoms with Gasteiger partial charge in [-0.3, -0.25) is 0 Å². The monoisotopic (exact) mass is 148 g/mol. The highest BCUT2D eigenvalue weighted by molar-refractivity contribution is 5.73. The number of nitroso groups, excluding NO2 is 1. The Morgan fingerprint density at radius 2 is 2.18 bits per heavy atom. The Bertz CT molecular complexity index is 394. The number of aromatic nitrogens is 3. The molecule has 2 rings (SSSR count). The predicted octanol–water partition coefficient (Wildman–Crippen LogP) is 0.961. The maximum Gasteiger partial charge on any atom is 0.118 e. The van der Waals surface area contributed by atoms with Crippen LogP contribution in [0.4, 0.5) is 0 Å². The number of para-hydroxylation sites is 1. The van der Waals surface area contributed by atoms with E-state index >= 15 is 0 Å². The molecule has 0 aliphatic rings. The SMILES string of the molecule is O=Nn1nnc2ccccc21. The van der Waals surface area contributed by atoms with Crippen LogP contribution >= 0.6 is 0 Å². The smallest absolute Gasteiger partial charge is 0.118 e. The second-order valence-electron chi connectivity index (χ2n) is 2.05. The predicted molar refractivity (Wildman–Crippen MR) is 38.7 cm³/mol. The zero-order valence-electron chi connectivity index (χ0n) is 5.51. The fraction of sp³-hybridized carbons (Fsp3) is 0. The highest BCUT2D eigenvalue weighted by Gasteiger charge is 2.00. The zero-order valence-corrected chi connectivity index (χ0v) is 5.51. The molecule has 11 heavy (non-hydrogen) atoms. The van der Waals surface area contributed by atoms with Crippen molar-refractivity contribution in [3.05, 3.63) is 29.2 Å². The lowest BCUT2D eigenvalue weighted by Gasteiger charge is -1.84. The second kappa shape index (κ2) is 2.12. The first-order valence-corrected chi connectivity index (χ1v) is 3.06. The topological polar surface area (TPSA) is 60.1 Å². The number of hydrogen-bond acceptors (Lipinski definition) is 4. The van der Waals surface area contributed by atoms with E-state index in [1.165, 1.54) is 0 Å². The fourth-order valence-corrected chi connectivity index (χ4v) is 0.917. The van der Waals surface area contributed by atoms with Gasteiger partial charge in [0.25, 0.3) is 0 Å². The van der Waals surface area contributed by atoms with Crippen molar-refractivity contribution in [1.29, 1.82) is 0 Å². The molecule has 0 bridgehead atoms. The van der Waals surface area contributed by atoms with Crippen molar-refractivity contribution < 1.29 is 0 Å². The molecular weight excluding hydrogens is 144 g/mol. The van der Waals surface area contributed by atoms with Crippen molar-refractivity contribution in [2.75, 3.05) is 0 Å². The van der Waals surface area contributed by atoms with Gasteiger partial charge in [0.1, 0.15) is 11.0 Å². The van der Waals surface area contributed by atoms with Crippen LogP contribution in [0.2, 0.25) is 0 Å². The number of hydrogen-bond donors (Lipinski definition) is 0. The van der Waals surface area contributed by atoms with Gasteiger partial charge in [-0.2, -0.15) is 0 Å². The van der Waals surface area contributed by atoms with Crippen molar-refractivity contribution in [3.63, 3.8) is 0 Å². The lowest BCUT2D eigenvalue weighted by atomic mass is 10.3. The first-order chi connectivity index (χ1) is 5.42. The van der Waals surface area contributed by atoms with Crippen molar-refractivity contribution in [1.82, 2.24) is 15.1 Å². The van der Waals surface area contributed by atoms with E-state index in [0.717, 1.165) is 4.79 Å². The van der Waals surface area contributed by atoms with Crippen molar-refractivity contribution in [2.24, 2.45) is 5.29 Å². The summed E-state index contributed by atoms with van der Waals surface area (Å²) in [5, 5.41) is 9.86. The molecule has 5 heteroatoms. The molecule has 5 nitrogen and oxygen atoms in total. The van der Waals surface area contributed by atoms with Crippen LogP contribution in [0.1, 0.15) is 0 Å². The van der Waals surface area contributed by atoms with E-state index in [2.05, 4.69) is 15.6 Å². The molecule has 0 amide bonds. The minimum atomic E-state index is 0.627. The average molecular weight is 148 g/mol. The molecule has 54 valence electrons. The Balaban J connectivity index is 2.86. The second-order valence-corrected chi connectivity index (χ2v) is 2.05. The summed E-state index contributed by atoms with van der Waals surface area (Å²) in [6.07, 6.45) is 0. The van der Waals surface area contributed by atoms with Gasteiger partial charge >= 0.3 is 0 Å². The maximum atomic E-state index is 10.1.